The molecule has 3 aromatic rings. The second-order valence-corrected chi connectivity index (χ2v) is 10.3. The molecule has 1 atom stereocenters. The Morgan fingerprint density at radius 2 is 1.85 bits per heavy atom. The van der Waals surface area contributed by atoms with Gasteiger partial charge in [0.2, 0.25) is 5.95 Å². The highest BCUT2D eigenvalue weighted by atomic mass is 32.2. The van der Waals surface area contributed by atoms with Gasteiger partial charge in [-0.2, -0.15) is 0 Å². The molecule has 0 spiro atoms. The Labute approximate surface area is 205 Å². The fourth-order valence-electron chi connectivity index (χ4n) is 4.96. The highest BCUT2D eigenvalue weighted by Gasteiger charge is 2.25. The lowest BCUT2D eigenvalue weighted by molar-refractivity contribution is 0.0957. The van der Waals surface area contributed by atoms with Crippen LogP contribution in [-0.2, 0) is 11.3 Å². The average molecular weight is 480 g/mol. The van der Waals surface area contributed by atoms with E-state index in [-0.39, 0.29) is 11.9 Å². The molecule has 5 rings (SSSR count). The lowest BCUT2D eigenvalue weighted by Crippen LogP contribution is -2.22. The van der Waals surface area contributed by atoms with Gasteiger partial charge in [-0.15, -0.1) is 10.2 Å². The van der Waals surface area contributed by atoms with Crippen molar-refractivity contribution in [3.63, 3.8) is 0 Å². The van der Waals surface area contributed by atoms with Crippen molar-refractivity contribution in [2.24, 2.45) is 0 Å². The second-order valence-electron chi connectivity index (χ2n) is 9.39. The number of hydrogen-bond donors (Lipinski definition) is 0. The second kappa shape index (κ2) is 9.96. The molecule has 2 fully saturated rings. The summed E-state index contributed by atoms with van der Waals surface area (Å²) in [5.41, 5.74) is 5.17. The van der Waals surface area contributed by atoms with Gasteiger partial charge < -0.3 is 14.2 Å². The first-order valence-electron chi connectivity index (χ1n) is 12.2. The van der Waals surface area contributed by atoms with Crippen LogP contribution >= 0.6 is 11.8 Å². The number of carbonyl (C=O) groups is 1. The monoisotopic (exact) mass is 479 g/mol. The van der Waals surface area contributed by atoms with Gasteiger partial charge in [0.05, 0.1) is 17.5 Å². The molecule has 0 saturated carbocycles. The zero-order valence-corrected chi connectivity index (χ0v) is 21.1. The van der Waals surface area contributed by atoms with Crippen LogP contribution in [0.15, 0.2) is 35.5 Å². The molecular weight excluding hydrogens is 446 g/mol. The number of carbonyl (C=O) groups excluding carboxylic acids is 1. The lowest BCUT2D eigenvalue weighted by atomic mass is 10.2. The number of aromatic nitrogens is 4. The maximum absolute atomic E-state index is 13.3. The Morgan fingerprint density at radius 3 is 2.56 bits per heavy atom. The quantitative estimate of drug-likeness (QED) is 0.343. The fraction of sp³-hybridized carbons (Fsp3) is 0.500. The predicted molar refractivity (Wildman–Crippen MR) is 135 cm³/mol. The van der Waals surface area contributed by atoms with E-state index in [4.69, 9.17) is 4.74 Å². The van der Waals surface area contributed by atoms with Crippen LogP contribution < -0.4 is 4.90 Å². The van der Waals surface area contributed by atoms with E-state index in [9.17, 15) is 4.79 Å². The van der Waals surface area contributed by atoms with Gasteiger partial charge >= 0.3 is 0 Å². The minimum absolute atomic E-state index is 0.123. The van der Waals surface area contributed by atoms with Gasteiger partial charge in [-0.3, -0.25) is 9.36 Å². The van der Waals surface area contributed by atoms with Crippen molar-refractivity contribution in [3.05, 3.63) is 52.8 Å². The van der Waals surface area contributed by atoms with Gasteiger partial charge in [-0.25, -0.2) is 0 Å². The molecule has 34 heavy (non-hydrogen) atoms. The number of aryl methyl sites for hydroxylation is 2. The maximum atomic E-state index is 13.3. The van der Waals surface area contributed by atoms with Crippen LogP contribution in [0.4, 0.5) is 5.95 Å². The van der Waals surface area contributed by atoms with E-state index >= 15 is 0 Å². The molecule has 2 saturated heterocycles. The van der Waals surface area contributed by atoms with E-state index in [1.54, 1.807) is 0 Å². The molecule has 0 aliphatic carbocycles. The number of rotatable bonds is 8. The zero-order valence-electron chi connectivity index (χ0n) is 20.3. The van der Waals surface area contributed by atoms with Crippen molar-refractivity contribution in [1.29, 1.82) is 0 Å². The van der Waals surface area contributed by atoms with Crippen LogP contribution in [0.5, 0.6) is 0 Å². The number of ketones is 1. The molecule has 2 aromatic heterocycles. The minimum atomic E-state index is 0.123. The Balaban J connectivity index is 1.36. The third kappa shape index (κ3) is 4.66. The van der Waals surface area contributed by atoms with Crippen LogP contribution in [0.1, 0.15) is 53.0 Å². The molecule has 0 radical (unpaired) electrons. The van der Waals surface area contributed by atoms with Gasteiger partial charge in [-0.1, -0.05) is 29.5 Å². The summed E-state index contributed by atoms with van der Waals surface area (Å²) in [5, 5.41) is 9.79. The van der Waals surface area contributed by atoms with Crippen LogP contribution in [0.25, 0.3) is 5.69 Å². The molecule has 2 aliphatic heterocycles. The van der Waals surface area contributed by atoms with E-state index in [1.165, 1.54) is 30.2 Å². The van der Waals surface area contributed by atoms with E-state index in [0.717, 1.165) is 72.8 Å². The van der Waals surface area contributed by atoms with Crippen molar-refractivity contribution in [2.45, 2.75) is 64.3 Å². The van der Waals surface area contributed by atoms with Crippen molar-refractivity contribution in [1.82, 2.24) is 19.3 Å². The molecule has 1 unspecified atom stereocenters. The SMILES string of the molecule is Cc1ccc(-n2c(SCC(=O)c3cc(C)n(CC4CCCO4)c3C)nnc2N2CCCC2)cc1. The summed E-state index contributed by atoms with van der Waals surface area (Å²) in [6.07, 6.45) is 4.80. The molecule has 4 heterocycles. The lowest BCUT2D eigenvalue weighted by Gasteiger charge is -2.18. The normalized spacial score (nSPS) is 18.2. The first-order chi connectivity index (χ1) is 16.5. The zero-order chi connectivity index (χ0) is 23.7. The van der Waals surface area contributed by atoms with E-state index in [0.29, 0.717) is 5.75 Å². The first kappa shape index (κ1) is 23.2. The summed E-state index contributed by atoms with van der Waals surface area (Å²) < 4.78 is 10.1. The summed E-state index contributed by atoms with van der Waals surface area (Å²) in [4.78, 5) is 15.6. The molecule has 2 aliphatic rings. The molecule has 7 nitrogen and oxygen atoms in total. The number of thioether (sulfide) groups is 1. The van der Waals surface area contributed by atoms with Gasteiger partial charge in [0.15, 0.2) is 10.9 Å². The molecule has 0 bridgehead atoms. The topological polar surface area (TPSA) is 65.2 Å². The fourth-order valence-corrected chi connectivity index (χ4v) is 5.79. The van der Waals surface area contributed by atoms with Crippen molar-refractivity contribution >= 4 is 23.5 Å². The summed E-state index contributed by atoms with van der Waals surface area (Å²) in [5.74, 6) is 1.32. The predicted octanol–water partition coefficient (Wildman–Crippen LogP) is 4.75. The van der Waals surface area contributed by atoms with Gasteiger partial charge in [0.1, 0.15) is 0 Å². The molecule has 1 aromatic carbocycles. The Hall–Kier alpha value is -2.58. The molecule has 8 heteroatoms. The number of Topliss-reactive ketones (excluding diaryl/α,β-unsaturated/α-hetero) is 1. The van der Waals surface area contributed by atoms with Gasteiger partial charge in [-0.05, 0) is 64.7 Å². The van der Waals surface area contributed by atoms with E-state index in [2.05, 4.69) is 62.3 Å². The van der Waals surface area contributed by atoms with Gasteiger partial charge in [0.25, 0.3) is 0 Å². The average Bonchev–Trinajstić information content (AvgIpc) is 3.63. The Morgan fingerprint density at radius 1 is 1.09 bits per heavy atom. The molecular formula is C26H33N5O2S. The van der Waals surface area contributed by atoms with Crippen molar-refractivity contribution in [3.8, 4) is 5.69 Å². The van der Waals surface area contributed by atoms with Crippen molar-refractivity contribution in [2.75, 3.05) is 30.3 Å². The molecule has 0 amide bonds. The smallest absolute Gasteiger partial charge is 0.232 e. The number of hydrogen-bond acceptors (Lipinski definition) is 6. The highest BCUT2D eigenvalue weighted by molar-refractivity contribution is 7.99. The number of anilines is 1. The Bertz CT molecular complexity index is 1150. The Kier molecular flexibility index (Phi) is 6.79. The van der Waals surface area contributed by atoms with Gasteiger partial charge in [0, 0.05) is 43.2 Å². The third-order valence-electron chi connectivity index (χ3n) is 6.91. The van der Waals surface area contributed by atoms with E-state index < -0.39 is 0 Å². The summed E-state index contributed by atoms with van der Waals surface area (Å²) in [6, 6.07) is 10.4. The molecule has 180 valence electrons. The summed E-state index contributed by atoms with van der Waals surface area (Å²) in [7, 11) is 0. The van der Waals surface area contributed by atoms with Crippen molar-refractivity contribution < 1.29 is 9.53 Å². The van der Waals surface area contributed by atoms with Crippen LogP contribution in [0, 0.1) is 20.8 Å². The highest BCUT2D eigenvalue weighted by Crippen LogP contribution is 2.30. The standard InChI is InChI=1S/C26H33N5O2S/c1-18-8-10-21(11-9-18)31-25(29-12-4-5-13-29)27-28-26(31)34-17-24(32)23-15-19(2)30(20(23)3)16-22-7-6-14-33-22/h8-11,15,22H,4-7,12-14,16-17H2,1-3H3. The number of benzene rings is 1. The minimum Gasteiger partial charge on any atom is -0.376 e. The first-order valence-corrected chi connectivity index (χ1v) is 13.2. The summed E-state index contributed by atoms with van der Waals surface area (Å²) >= 11 is 1.46. The van der Waals surface area contributed by atoms with Crippen LogP contribution in [0.2, 0.25) is 0 Å². The summed E-state index contributed by atoms with van der Waals surface area (Å²) in [6.45, 7) is 9.84. The van der Waals surface area contributed by atoms with E-state index in [1.807, 2.05) is 13.0 Å². The van der Waals surface area contributed by atoms with Crippen LogP contribution in [-0.4, -0.2) is 56.7 Å². The molecule has 0 N–H and O–H groups in total. The number of ether oxygens (including phenoxy) is 1. The van der Waals surface area contributed by atoms with Crippen LogP contribution in [0.3, 0.4) is 0 Å². The third-order valence-corrected chi connectivity index (χ3v) is 7.84. The number of nitrogens with zero attached hydrogens (tertiary/aromatic N) is 5. The largest absolute Gasteiger partial charge is 0.376 e. The maximum Gasteiger partial charge on any atom is 0.232 e.